The Kier molecular flexibility index (Phi) is 4.64. The lowest BCUT2D eigenvalue weighted by molar-refractivity contribution is -0.131. The third kappa shape index (κ3) is 3.50. The summed E-state index contributed by atoms with van der Waals surface area (Å²) < 4.78 is 11.0. The number of nitrogens with zero attached hydrogens (tertiary/aromatic N) is 1. The van der Waals surface area contributed by atoms with Crippen molar-refractivity contribution < 1.29 is 23.5 Å². The number of carbonyl (C=O) groups excluding carboxylic acids is 3. The summed E-state index contributed by atoms with van der Waals surface area (Å²) in [6.07, 6.45) is 1.42. The van der Waals surface area contributed by atoms with Gasteiger partial charge in [0.15, 0.2) is 11.3 Å². The van der Waals surface area contributed by atoms with Gasteiger partial charge in [0.25, 0.3) is 5.91 Å². The number of carbonyl (C=O) groups is 3. The van der Waals surface area contributed by atoms with Crippen LogP contribution in [0.4, 0.5) is 4.79 Å². The van der Waals surface area contributed by atoms with Crippen LogP contribution in [0.15, 0.2) is 77.4 Å². The summed E-state index contributed by atoms with van der Waals surface area (Å²) in [5.41, 5.74) is -0.952. The lowest BCUT2D eigenvalue weighted by Gasteiger charge is -2.18. The molecule has 29 heavy (non-hydrogen) atoms. The van der Waals surface area contributed by atoms with Gasteiger partial charge in [0, 0.05) is 5.56 Å². The molecule has 3 amide bonds. The molecule has 1 fully saturated rings. The summed E-state index contributed by atoms with van der Waals surface area (Å²) in [7, 11) is 0. The fourth-order valence-electron chi connectivity index (χ4n) is 3.14. The van der Waals surface area contributed by atoms with E-state index in [1.54, 1.807) is 43.3 Å². The van der Waals surface area contributed by atoms with Crippen LogP contribution in [0.1, 0.15) is 23.0 Å². The van der Waals surface area contributed by atoms with E-state index in [4.69, 9.17) is 9.15 Å². The van der Waals surface area contributed by atoms with Gasteiger partial charge in [-0.25, -0.2) is 4.79 Å². The van der Waals surface area contributed by atoms with E-state index in [2.05, 4.69) is 5.32 Å². The van der Waals surface area contributed by atoms with Crippen LogP contribution in [-0.2, 0) is 10.3 Å². The first kappa shape index (κ1) is 18.5. The van der Waals surface area contributed by atoms with Crippen LogP contribution in [-0.4, -0.2) is 29.2 Å². The molecule has 2 aromatic carbocycles. The van der Waals surface area contributed by atoms with Crippen LogP contribution in [0.25, 0.3) is 0 Å². The van der Waals surface area contributed by atoms with Gasteiger partial charge in [-0.05, 0) is 55.5 Å². The summed E-state index contributed by atoms with van der Waals surface area (Å²) in [4.78, 5) is 38.6. The number of Topliss-reactive ketones (excluding diaryl/α,β-unsaturated/α-hetero) is 1. The van der Waals surface area contributed by atoms with Gasteiger partial charge in [-0.1, -0.05) is 18.2 Å². The van der Waals surface area contributed by atoms with Crippen molar-refractivity contribution in [3.8, 4) is 11.5 Å². The number of furan rings is 1. The first-order chi connectivity index (χ1) is 14.0. The Balaban J connectivity index is 1.45. The van der Waals surface area contributed by atoms with Crippen molar-refractivity contribution in [2.75, 3.05) is 6.54 Å². The minimum Gasteiger partial charge on any atom is -0.466 e. The number of amides is 3. The van der Waals surface area contributed by atoms with Crippen LogP contribution in [0.5, 0.6) is 11.5 Å². The molecule has 0 aliphatic carbocycles. The van der Waals surface area contributed by atoms with Gasteiger partial charge in [-0.2, -0.15) is 0 Å². The van der Waals surface area contributed by atoms with Crippen molar-refractivity contribution in [2.45, 2.75) is 12.5 Å². The molecule has 1 aliphatic rings. The SMILES string of the molecule is CC1(c2ccco2)NC(=O)N(CC(=O)c2ccc(Oc3ccccc3)cc2)C1=O. The fraction of sp³-hybridized carbons (Fsp3) is 0.136. The van der Waals surface area contributed by atoms with Crippen molar-refractivity contribution in [2.24, 2.45) is 0 Å². The number of ether oxygens (including phenoxy) is 1. The summed E-state index contributed by atoms with van der Waals surface area (Å²) in [6.45, 7) is 1.19. The molecule has 1 unspecified atom stereocenters. The second-order valence-electron chi connectivity index (χ2n) is 6.79. The van der Waals surface area contributed by atoms with Gasteiger partial charge in [-0.15, -0.1) is 0 Å². The molecule has 1 atom stereocenters. The molecule has 0 radical (unpaired) electrons. The summed E-state index contributed by atoms with van der Waals surface area (Å²) >= 11 is 0. The van der Waals surface area contributed by atoms with Crippen LogP contribution in [0.2, 0.25) is 0 Å². The van der Waals surface area contributed by atoms with Crippen molar-refractivity contribution in [1.82, 2.24) is 10.2 Å². The number of benzene rings is 2. The number of rotatable bonds is 6. The number of hydrogen-bond acceptors (Lipinski definition) is 5. The minimum absolute atomic E-state index is 0.313. The zero-order chi connectivity index (χ0) is 20.4. The largest absolute Gasteiger partial charge is 0.466 e. The lowest BCUT2D eigenvalue weighted by Crippen LogP contribution is -2.41. The van der Waals surface area contributed by atoms with E-state index in [0.29, 0.717) is 22.8 Å². The monoisotopic (exact) mass is 390 g/mol. The highest BCUT2D eigenvalue weighted by atomic mass is 16.5. The quantitative estimate of drug-likeness (QED) is 0.512. The maximum absolute atomic E-state index is 12.8. The third-order valence-electron chi connectivity index (χ3n) is 4.75. The van der Waals surface area contributed by atoms with Crippen molar-refractivity contribution >= 4 is 17.7 Å². The smallest absolute Gasteiger partial charge is 0.325 e. The number of ketones is 1. The molecular formula is C22H18N2O5. The van der Waals surface area contributed by atoms with Gasteiger partial charge < -0.3 is 14.5 Å². The minimum atomic E-state index is -1.33. The zero-order valence-corrected chi connectivity index (χ0v) is 15.6. The molecule has 1 N–H and O–H groups in total. The van der Waals surface area contributed by atoms with E-state index in [-0.39, 0.29) is 12.3 Å². The van der Waals surface area contributed by atoms with E-state index >= 15 is 0 Å². The summed E-state index contributed by atoms with van der Waals surface area (Å²) in [5.74, 6) is 0.683. The number of imide groups is 1. The molecule has 0 spiro atoms. The van der Waals surface area contributed by atoms with Crippen molar-refractivity contribution in [3.63, 3.8) is 0 Å². The normalized spacial score (nSPS) is 18.6. The average Bonchev–Trinajstić information content (AvgIpc) is 3.34. The Bertz CT molecular complexity index is 1040. The highest BCUT2D eigenvalue weighted by Crippen LogP contribution is 2.29. The van der Waals surface area contributed by atoms with Gasteiger partial charge in [0.2, 0.25) is 0 Å². The van der Waals surface area contributed by atoms with Crippen molar-refractivity contribution in [1.29, 1.82) is 0 Å². The standard InChI is InChI=1S/C22H18N2O5/c1-22(19-8-5-13-28-19)20(26)24(21(27)23-22)14-18(25)15-9-11-17(12-10-15)29-16-6-3-2-4-7-16/h2-13H,14H2,1H3,(H,23,27). The molecule has 1 aliphatic heterocycles. The lowest BCUT2D eigenvalue weighted by atomic mass is 9.99. The van der Waals surface area contributed by atoms with Crippen LogP contribution >= 0.6 is 0 Å². The van der Waals surface area contributed by atoms with Crippen LogP contribution < -0.4 is 10.1 Å². The van der Waals surface area contributed by atoms with Crippen molar-refractivity contribution in [3.05, 3.63) is 84.3 Å². The molecular weight excluding hydrogens is 372 g/mol. The Morgan fingerprint density at radius 1 is 1.00 bits per heavy atom. The predicted octanol–water partition coefficient (Wildman–Crippen LogP) is 3.72. The van der Waals surface area contributed by atoms with Gasteiger partial charge in [0.1, 0.15) is 17.3 Å². The average molecular weight is 390 g/mol. The molecule has 0 saturated carbocycles. The second kappa shape index (κ2) is 7.27. The molecule has 3 aromatic rings. The second-order valence-corrected chi connectivity index (χ2v) is 6.79. The Labute approximate surface area is 166 Å². The molecule has 7 heteroatoms. The molecule has 1 aromatic heterocycles. The predicted molar refractivity (Wildman–Crippen MR) is 104 cm³/mol. The van der Waals surface area contributed by atoms with E-state index in [1.165, 1.54) is 6.26 Å². The molecule has 146 valence electrons. The van der Waals surface area contributed by atoms with Gasteiger partial charge in [-0.3, -0.25) is 14.5 Å². The summed E-state index contributed by atoms with van der Waals surface area (Å²) in [6, 6.07) is 18.4. The first-order valence-electron chi connectivity index (χ1n) is 9.01. The van der Waals surface area contributed by atoms with Crippen LogP contribution in [0.3, 0.4) is 0 Å². The first-order valence-corrected chi connectivity index (χ1v) is 9.01. The number of urea groups is 1. The van der Waals surface area contributed by atoms with Gasteiger partial charge >= 0.3 is 6.03 Å². The van der Waals surface area contributed by atoms with Crippen LogP contribution in [0, 0.1) is 0 Å². The molecule has 4 rings (SSSR count). The highest BCUT2D eigenvalue weighted by Gasteiger charge is 2.51. The molecule has 0 bridgehead atoms. The van der Waals surface area contributed by atoms with E-state index in [9.17, 15) is 14.4 Å². The maximum Gasteiger partial charge on any atom is 0.325 e. The zero-order valence-electron chi connectivity index (χ0n) is 15.6. The van der Waals surface area contributed by atoms with Gasteiger partial charge in [0.05, 0.1) is 12.8 Å². The van der Waals surface area contributed by atoms with E-state index < -0.39 is 17.5 Å². The topological polar surface area (TPSA) is 88.8 Å². The third-order valence-corrected chi connectivity index (χ3v) is 4.75. The Hall–Kier alpha value is -3.87. The Morgan fingerprint density at radius 3 is 2.34 bits per heavy atom. The Morgan fingerprint density at radius 2 is 1.69 bits per heavy atom. The van der Waals surface area contributed by atoms with E-state index in [1.807, 2.05) is 30.3 Å². The number of nitrogens with one attached hydrogen (secondary N) is 1. The highest BCUT2D eigenvalue weighted by molar-refractivity contribution is 6.11. The molecule has 7 nitrogen and oxygen atoms in total. The fourth-order valence-corrected chi connectivity index (χ4v) is 3.14. The molecule has 2 heterocycles. The van der Waals surface area contributed by atoms with E-state index in [0.717, 1.165) is 4.90 Å². The number of hydrogen-bond donors (Lipinski definition) is 1. The molecule has 1 saturated heterocycles. The maximum atomic E-state index is 12.8. The number of para-hydroxylation sites is 1. The summed E-state index contributed by atoms with van der Waals surface area (Å²) in [5, 5.41) is 2.60.